The topological polar surface area (TPSA) is 24.9 Å². The Bertz CT molecular complexity index is 571. The number of hydrogen-bond donors (Lipinski definition) is 1. The molecule has 1 heterocycles. The number of thioether (sulfide) groups is 1. The van der Waals surface area contributed by atoms with Gasteiger partial charge in [-0.3, -0.25) is 0 Å². The van der Waals surface area contributed by atoms with Crippen molar-refractivity contribution in [1.82, 2.24) is 4.98 Å². The molecule has 0 bridgehead atoms. The van der Waals surface area contributed by atoms with E-state index in [1.165, 1.54) is 23.2 Å². The normalized spacial score (nSPS) is 22.7. The molecule has 1 aliphatic rings. The van der Waals surface area contributed by atoms with Crippen LogP contribution in [0.1, 0.15) is 26.7 Å². The highest BCUT2D eigenvalue weighted by Gasteiger charge is 2.30. The third kappa shape index (κ3) is 2.75. The number of benzene rings is 1. The first-order chi connectivity index (χ1) is 9.15. The lowest BCUT2D eigenvalue weighted by atomic mass is 9.73. The second kappa shape index (κ2) is 5.33. The van der Waals surface area contributed by atoms with Gasteiger partial charge in [-0.15, -0.1) is 11.3 Å². The van der Waals surface area contributed by atoms with E-state index in [0.29, 0.717) is 6.04 Å². The molecule has 1 aromatic heterocycles. The number of aromatic nitrogens is 1. The second-order valence-corrected chi connectivity index (χ2v) is 7.77. The molecule has 1 aromatic carbocycles. The smallest absolute Gasteiger partial charge is 0.150 e. The van der Waals surface area contributed by atoms with Gasteiger partial charge in [0.15, 0.2) is 4.34 Å². The highest BCUT2D eigenvalue weighted by molar-refractivity contribution is 8.00. The number of nitrogens with zero attached hydrogens (tertiary/aromatic N) is 1. The average molecular weight is 292 g/mol. The van der Waals surface area contributed by atoms with Crippen molar-refractivity contribution in [2.24, 2.45) is 11.8 Å². The van der Waals surface area contributed by atoms with Gasteiger partial charge < -0.3 is 5.32 Å². The highest BCUT2D eigenvalue weighted by atomic mass is 32.2. The van der Waals surface area contributed by atoms with Crippen molar-refractivity contribution in [3.63, 3.8) is 0 Å². The standard InChI is InChI=1S/C15H20N2S2/c1-9(2)10-6-12(7-10)16-11-4-5-13-14(8-11)19-15(17-13)18-3/h4-5,8-10,12,16H,6-7H2,1-3H3. The SMILES string of the molecule is CSc1nc2ccc(NC3CC(C(C)C)C3)cc2s1. The maximum absolute atomic E-state index is 4.57. The Hall–Kier alpha value is -0.740. The van der Waals surface area contributed by atoms with Crippen LogP contribution >= 0.6 is 23.1 Å². The lowest BCUT2D eigenvalue weighted by Crippen LogP contribution is -2.37. The van der Waals surface area contributed by atoms with E-state index in [4.69, 9.17) is 0 Å². The molecule has 0 spiro atoms. The lowest BCUT2D eigenvalue weighted by molar-refractivity contribution is 0.212. The minimum Gasteiger partial charge on any atom is -0.382 e. The summed E-state index contributed by atoms with van der Waals surface area (Å²) in [6.45, 7) is 4.66. The predicted molar refractivity (Wildman–Crippen MR) is 86.4 cm³/mol. The van der Waals surface area contributed by atoms with E-state index >= 15 is 0 Å². The van der Waals surface area contributed by atoms with Gasteiger partial charge in [0.05, 0.1) is 10.2 Å². The summed E-state index contributed by atoms with van der Waals surface area (Å²) in [6, 6.07) is 7.20. The van der Waals surface area contributed by atoms with E-state index in [1.54, 1.807) is 23.1 Å². The monoisotopic (exact) mass is 292 g/mol. The Morgan fingerprint density at radius 3 is 2.84 bits per heavy atom. The Balaban J connectivity index is 1.69. The number of thiazole rings is 1. The molecule has 1 saturated carbocycles. The molecule has 0 unspecified atom stereocenters. The molecule has 4 heteroatoms. The van der Waals surface area contributed by atoms with Gasteiger partial charge in [0, 0.05) is 11.7 Å². The largest absolute Gasteiger partial charge is 0.382 e. The van der Waals surface area contributed by atoms with E-state index in [-0.39, 0.29) is 0 Å². The van der Waals surface area contributed by atoms with Crippen LogP contribution < -0.4 is 5.32 Å². The van der Waals surface area contributed by atoms with Crippen LogP contribution in [0, 0.1) is 11.8 Å². The van der Waals surface area contributed by atoms with Gasteiger partial charge in [0.1, 0.15) is 0 Å². The van der Waals surface area contributed by atoms with E-state index in [0.717, 1.165) is 21.7 Å². The summed E-state index contributed by atoms with van der Waals surface area (Å²) in [7, 11) is 0. The summed E-state index contributed by atoms with van der Waals surface area (Å²) in [5.74, 6) is 1.74. The third-order valence-corrected chi connectivity index (χ3v) is 6.03. The molecule has 0 amide bonds. The molecule has 3 rings (SSSR count). The summed E-state index contributed by atoms with van der Waals surface area (Å²) in [6.07, 6.45) is 4.71. The van der Waals surface area contributed by atoms with Gasteiger partial charge in [-0.1, -0.05) is 25.6 Å². The zero-order valence-corrected chi connectivity index (χ0v) is 13.3. The van der Waals surface area contributed by atoms with Crippen LogP contribution in [-0.2, 0) is 0 Å². The molecule has 102 valence electrons. The van der Waals surface area contributed by atoms with Crippen molar-refractivity contribution >= 4 is 39.0 Å². The predicted octanol–water partition coefficient (Wildman–Crippen LogP) is 4.86. The van der Waals surface area contributed by atoms with Crippen LogP contribution in [-0.4, -0.2) is 17.3 Å². The number of hydrogen-bond acceptors (Lipinski definition) is 4. The zero-order chi connectivity index (χ0) is 13.4. The molecule has 19 heavy (non-hydrogen) atoms. The van der Waals surface area contributed by atoms with Crippen molar-refractivity contribution in [1.29, 1.82) is 0 Å². The van der Waals surface area contributed by atoms with Crippen LogP contribution in [0.15, 0.2) is 22.5 Å². The maximum Gasteiger partial charge on any atom is 0.150 e. The van der Waals surface area contributed by atoms with Crippen molar-refractivity contribution in [3.8, 4) is 0 Å². The van der Waals surface area contributed by atoms with Crippen LogP contribution in [0.5, 0.6) is 0 Å². The van der Waals surface area contributed by atoms with Gasteiger partial charge in [-0.2, -0.15) is 0 Å². The van der Waals surface area contributed by atoms with Gasteiger partial charge >= 0.3 is 0 Å². The first-order valence-corrected chi connectivity index (χ1v) is 8.91. The minimum absolute atomic E-state index is 0.665. The van der Waals surface area contributed by atoms with E-state index in [9.17, 15) is 0 Å². The zero-order valence-electron chi connectivity index (χ0n) is 11.6. The maximum atomic E-state index is 4.57. The van der Waals surface area contributed by atoms with E-state index in [1.807, 2.05) is 0 Å². The van der Waals surface area contributed by atoms with E-state index in [2.05, 4.69) is 48.6 Å². The molecular formula is C15H20N2S2. The van der Waals surface area contributed by atoms with Gasteiger partial charge in [-0.05, 0) is 49.1 Å². The third-order valence-electron chi connectivity index (χ3n) is 4.03. The number of nitrogens with one attached hydrogen (secondary N) is 1. The minimum atomic E-state index is 0.665. The fraction of sp³-hybridized carbons (Fsp3) is 0.533. The summed E-state index contributed by atoms with van der Waals surface area (Å²) < 4.78 is 2.43. The quantitative estimate of drug-likeness (QED) is 0.814. The summed E-state index contributed by atoms with van der Waals surface area (Å²) in [5.41, 5.74) is 2.37. The van der Waals surface area contributed by atoms with Crippen LogP contribution in [0.25, 0.3) is 10.2 Å². The molecule has 2 aromatic rings. The first kappa shape index (κ1) is 13.3. The first-order valence-electron chi connectivity index (χ1n) is 6.87. The number of fused-ring (bicyclic) bond motifs is 1. The van der Waals surface area contributed by atoms with Crippen LogP contribution in [0.3, 0.4) is 0 Å². The van der Waals surface area contributed by atoms with Crippen LogP contribution in [0.4, 0.5) is 5.69 Å². The van der Waals surface area contributed by atoms with Gasteiger partial charge in [0.25, 0.3) is 0 Å². The lowest BCUT2D eigenvalue weighted by Gasteiger charge is -2.39. The molecule has 2 nitrogen and oxygen atoms in total. The van der Waals surface area contributed by atoms with Gasteiger partial charge in [-0.25, -0.2) is 4.98 Å². The van der Waals surface area contributed by atoms with Crippen molar-refractivity contribution in [3.05, 3.63) is 18.2 Å². The summed E-state index contributed by atoms with van der Waals surface area (Å²) in [4.78, 5) is 4.57. The average Bonchev–Trinajstić information content (AvgIpc) is 2.74. The second-order valence-electron chi connectivity index (χ2n) is 5.68. The molecule has 0 radical (unpaired) electrons. The fourth-order valence-electron chi connectivity index (χ4n) is 2.64. The van der Waals surface area contributed by atoms with Crippen LogP contribution in [0.2, 0.25) is 0 Å². The molecule has 0 aliphatic heterocycles. The number of anilines is 1. The van der Waals surface area contributed by atoms with Crippen molar-refractivity contribution in [2.45, 2.75) is 37.1 Å². The molecule has 0 atom stereocenters. The molecule has 1 fully saturated rings. The fourth-order valence-corrected chi connectivity index (χ4v) is 4.17. The van der Waals surface area contributed by atoms with Gasteiger partial charge in [0.2, 0.25) is 0 Å². The number of rotatable bonds is 4. The Kier molecular flexibility index (Phi) is 3.72. The van der Waals surface area contributed by atoms with Crippen molar-refractivity contribution < 1.29 is 0 Å². The highest BCUT2D eigenvalue weighted by Crippen LogP contribution is 2.36. The summed E-state index contributed by atoms with van der Waals surface area (Å²) >= 11 is 3.50. The Morgan fingerprint density at radius 1 is 1.37 bits per heavy atom. The van der Waals surface area contributed by atoms with Crippen molar-refractivity contribution in [2.75, 3.05) is 11.6 Å². The summed E-state index contributed by atoms with van der Waals surface area (Å²) in [5, 5.41) is 3.65. The Morgan fingerprint density at radius 2 is 2.16 bits per heavy atom. The Labute approximate surface area is 123 Å². The van der Waals surface area contributed by atoms with E-state index < -0.39 is 0 Å². The molecule has 1 N–H and O–H groups in total. The molecule has 1 aliphatic carbocycles. The molecular weight excluding hydrogens is 272 g/mol. The molecule has 0 saturated heterocycles.